The summed E-state index contributed by atoms with van der Waals surface area (Å²) in [4.78, 5) is 21.0. The highest BCUT2D eigenvalue weighted by molar-refractivity contribution is 7.15. The molecule has 10 heteroatoms. The number of aryl methyl sites for hydroxylation is 1. The van der Waals surface area contributed by atoms with Crippen LogP contribution < -0.4 is 5.56 Å². The van der Waals surface area contributed by atoms with Gasteiger partial charge in [0.2, 0.25) is 0 Å². The van der Waals surface area contributed by atoms with Gasteiger partial charge in [0.05, 0.1) is 10.7 Å². The van der Waals surface area contributed by atoms with Gasteiger partial charge in [0, 0.05) is 16.5 Å². The van der Waals surface area contributed by atoms with Crippen molar-refractivity contribution in [1.82, 2.24) is 14.4 Å². The minimum absolute atomic E-state index is 0.0631. The minimum atomic E-state index is -4.65. The second kappa shape index (κ2) is 5.73. The first kappa shape index (κ1) is 16.2. The lowest BCUT2D eigenvalue weighted by atomic mass is 10.3. The van der Waals surface area contributed by atoms with E-state index >= 15 is 0 Å². The van der Waals surface area contributed by atoms with Crippen molar-refractivity contribution >= 4 is 51.4 Å². The summed E-state index contributed by atoms with van der Waals surface area (Å²) in [6.07, 6.45) is 0.143. The van der Waals surface area contributed by atoms with Crippen molar-refractivity contribution in [3.8, 4) is 0 Å². The molecule has 0 atom stereocenters. The van der Waals surface area contributed by atoms with Crippen molar-refractivity contribution < 1.29 is 13.2 Å². The topological polar surface area (TPSA) is 47.3 Å². The summed E-state index contributed by atoms with van der Waals surface area (Å²) in [6, 6.07) is 0. The third kappa shape index (κ3) is 3.04. The van der Waals surface area contributed by atoms with Gasteiger partial charge in [0.25, 0.3) is 5.56 Å². The number of hydrogen-bond acceptors (Lipinski definition) is 5. The predicted molar refractivity (Wildman–Crippen MR) is 85.1 cm³/mol. The van der Waals surface area contributed by atoms with Gasteiger partial charge in [-0.3, -0.25) is 4.79 Å². The van der Waals surface area contributed by atoms with Gasteiger partial charge < -0.3 is 0 Å². The summed E-state index contributed by atoms with van der Waals surface area (Å²) >= 11 is 8.06. The van der Waals surface area contributed by atoms with Crippen molar-refractivity contribution in [2.45, 2.75) is 13.1 Å². The van der Waals surface area contributed by atoms with Gasteiger partial charge >= 0.3 is 6.18 Å². The Balaban J connectivity index is 2.12. The molecule has 3 rings (SSSR count). The molecule has 120 valence electrons. The molecular formula is C13H7ClF3N3OS2. The highest BCUT2D eigenvalue weighted by Gasteiger charge is 2.35. The van der Waals surface area contributed by atoms with Gasteiger partial charge in [-0.2, -0.15) is 13.2 Å². The van der Waals surface area contributed by atoms with E-state index in [1.807, 2.05) is 6.92 Å². The SMILES string of the molecule is Cc1ncc(C=Cc2nc3scc(C(F)(F)F)n3c(=O)c2Cl)s1. The molecule has 0 aromatic carbocycles. The van der Waals surface area contributed by atoms with Gasteiger partial charge in [-0.1, -0.05) is 11.6 Å². The fourth-order valence-corrected chi connectivity index (χ4v) is 3.64. The number of halogens is 4. The first-order valence-corrected chi connectivity index (χ1v) is 8.22. The molecule has 0 aliphatic heterocycles. The monoisotopic (exact) mass is 377 g/mol. The van der Waals surface area contributed by atoms with Gasteiger partial charge in [-0.05, 0) is 19.1 Å². The summed E-state index contributed by atoms with van der Waals surface area (Å²) in [7, 11) is 0. The molecule has 3 aromatic rings. The molecule has 0 fully saturated rings. The molecule has 4 nitrogen and oxygen atoms in total. The molecule has 0 bridgehead atoms. The first-order chi connectivity index (χ1) is 10.8. The van der Waals surface area contributed by atoms with Crippen LogP contribution in [0.15, 0.2) is 16.4 Å². The van der Waals surface area contributed by atoms with Crippen LogP contribution in [0.25, 0.3) is 17.1 Å². The van der Waals surface area contributed by atoms with Crippen molar-refractivity contribution in [3.63, 3.8) is 0 Å². The van der Waals surface area contributed by atoms with Crippen molar-refractivity contribution in [2.24, 2.45) is 0 Å². The summed E-state index contributed by atoms with van der Waals surface area (Å²) in [5, 5.41) is 1.36. The lowest BCUT2D eigenvalue weighted by Gasteiger charge is -2.06. The highest BCUT2D eigenvalue weighted by atomic mass is 35.5. The minimum Gasteiger partial charge on any atom is -0.267 e. The molecule has 23 heavy (non-hydrogen) atoms. The molecule has 0 aliphatic rings. The van der Waals surface area contributed by atoms with Crippen LogP contribution in [0.5, 0.6) is 0 Å². The Morgan fingerprint density at radius 1 is 1.35 bits per heavy atom. The standard InChI is InChI=1S/C13H7ClF3N3OS2/c1-6-18-4-7(23-6)2-3-8-10(14)11(21)20-9(13(15,16)17)5-22-12(20)19-8/h2-5H,1H3. The number of fused-ring (bicyclic) bond motifs is 1. The van der Waals surface area contributed by atoms with Crippen LogP contribution in [0.2, 0.25) is 5.02 Å². The quantitative estimate of drug-likeness (QED) is 0.666. The van der Waals surface area contributed by atoms with E-state index in [0.717, 1.165) is 26.6 Å². The fraction of sp³-hybridized carbons (Fsp3) is 0.154. The molecule has 0 saturated heterocycles. The largest absolute Gasteiger partial charge is 0.432 e. The van der Waals surface area contributed by atoms with E-state index in [0.29, 0.717) is 4.40 Å². The summed E-state index contributed by atoms with van der Waals surface area (Å²) in [6.45, 7) is 1.84. The second-order valence-electron chi connectivity index (χ2n) is 4.47. The van der Waals surface area contributed by atoms with Crippen LogP contribution in [-0.4, -0.2) is 14.4 Å². The highest BCUT2D eigenvalue weighted by Crippen LogP contribution is 2.32. The average Bonchev–Trinajstić information content (AvgIpc) is 3.07. The Bertz CT molecular complexity index is 971. The Morgan fingerprint density at radius 2 is 2.09 bits per heavy atom. The molecule has 0 spiro atoms. The molecule has 3 heterocycles. The lowest BCUT2D eigenvalue weighted by Crippen LogP contribution is -2.21. The molecule has 0 N–H and O–H groups in total. The Hall–Kier alpha value is -1.71. The van der Waals surface area contributed by atoms with E-state index < -0.39 is 17.4 Å². The average molecular weight is 378 g/mol. The van der Waals surface area contributed by atoms with E-state index in [4.69, 9.17) is 11.6 Å². The maximum Gasteiger partial charge on any atom is 0.432 e. The van der Waals surface area contributed by atoms with E-state index in [-0.39, 0.29) is 15.7 Å². The molecule has 0 radical (unpaired) electrons. The summed E-state index contributed by atoms with van der Waals surface area (Å²) < 4.78 is 39.2. The molecule has 0 saturated carbocycles. The zero-order valence-electron chi connectivity index (χ0n) is 11.4. The predicted octanol–water partition coefficient (Wildman–Crippen LogP) is 4.36. The zero-order valence-corrected chi connectivity index (χ0v) is 13.8. The van der Waals surface area contributed by atoms with E-state index in [1.165, 1.54) is 17.4 Å². The smallest absolute Gasteiger partial charge is 0.267 e. The third-order valence-corrected chi connectivity index (χ3v) is 4.93. The fourth-order valence-electron chi connectivity index (χ4n) is 1.87. The van der Waals surface area contributed by atoms with Crippen LogP contribution in [-0.2, 0) is 6.18 Å². The number of aromatic nitrogens is 3. The molecule has 3 aromatic heterocycles. The number of nitrogens with zero attached hydrogens (tertiary/aromatic N) is 3. The van der Waals surface area contributed by atoms with E-state index in [2.05, 4.69) is 9.97 Å². The summed E-state index contributed by atoms with van der Waals surface area (Å²) in [5.74, 6) is 0. The molecular weight excluding hydrogens is 371 g/mol. The molecule has 0 unspecified atom stereocenters. The number of rotatable bonds is 2. The van der Waals surface area contributed by atoms with E-state index in [1.54, 1.807) is 12.3 Å². The van der Waals surface area contributed by atoms with Crippen molar-refractivity contribution in [3.05, 3.63) is 48.2 Å². The van der Waals surface area contributed by atoms with Crippen LogP contribution >= 0.6 is 34.3 Å². The Labute approximate surface area is 140 Å². The first-order valence-electron chi connectivity index (χ1n) is 6.15. The third-order valence-electron chi connectivity index (χ3n) is 2.88. The lowest BCUT2D eigenvalue weighted by molar-refractivity contribution is -0.141. The normalized spacial score (nSPS) is 12.6. The van der Waals surface area contributed by atoms with Gasteiger partial charge in [-0.15, -0.1) is 22.7 Å². The summed E-state index contributed by atoms with van der Waals surface area (Å²) in [5.41, 5.74) is -1.89. The van der Waals surface area contributed by atoms with Crippen LogP contribution in [0.4, 0.5) is 13.2 Å². The van der Waals surface area contributed by atoms with Gasteiger partial charge in [-0.25, -0.2) is 14.4 Å². The van der Waals surface area contributed by atoms with Crippen molar-refractivity contribution in [1.29, 1.82) is 0 Å². The number of alkyl halides is 3. The number of hydrogen-bond donors (Lipinski definition) is 0. The van der Waals surface area contributed by atoms with Gasteiger partial charge in [0.15, 0.2) is 4.96 Å². The molecule has 0 aliphatic carbocycles. The van der Waals surface area contributed by atoms with Gasteiger partial charge in [0.1, 0.15) is 10.7 Å². The Morgan fingerprint density at radius 3 is 2.70 bits per heavy atom. The van der Waals surface area contributed by atoms with Crippen LogP contribution in [0.3, 0.4) is 0 Å². The zero-order chi connectivity index (χ0) is 16.8. The van der Waals surface area contributed by atoms with Crippen molar-refractivity contribution in [2.75, 3.05) is 0 Å². The maximum atomic E-state index is 12.9. The number of thiazole rings is 2. The van der Waals surface area contributed by atoms with Crippen LogP contribution in [0, 0.1) is 6.92 Å². The Kier molecular flexibility index (Phi) is 4.03. The molecule has 0 amide bonds. The second-order valence-corrected chi connectivity index (χ2v) is 6.95. The van der Waals surface area contributed by atoms with Crippen LogP contribution in [0.1, 0.15) is 21.3 Å². The van der Waals surface area contributed by atoms with E-state index in [9.17, 15) is 18.0 Å². The maximum absolute atomic E-state index is 12.9.